The van der Waals surface area contributed by atoms with Gasteiger partial charge >= 0.3 is 6.09 Å². The first-order chi connectivity index (χ1) is 32.0. The smallest absolute Gasteiger partial charge is 0.415 e. The molecule has 2 aliphatic carbocycles. The number of rotatable bonds is 21. The molecule has 6 unspecified atom stereocenters. The highest BCUT2D eigenvalue weighted by atomic mass is 16.7. The number of nitrogens with zero attached hydrogens (tertiary/aromatic N) is 4. The summed E-state index contributed by atoms with van der Waals surface area (Å²) in [4.78, 5) is 55.1. The van der Waals surface area contributed by atoms with Crippen molar-refractivity contribution in [2.45, 2.75) is 69.3 Å². The number of aliphatic hydroxyl groups is 2. The maximum atomic E-state index is 14.3. The van der Waals surface area contributed by atoms with Crippen LogP contribution in [0.25, 0.3) is 0 Å². The van der Waals surface area contributed by atoms with Crippen LogP contribution in [0.5, 0.6) is 23.0 Å². The Bertz CT molecular complexity index is 2460. The molecule has 3 aliphatic rings. The number of fused-ring (bicyclic) bond motifs is 2. The number of ether oxygens (including phenoxy) is 4. The number of non-ortho nitro benzene ring substituents is 2. The number of nitro groups is 2. The fourth-order valence-electron chi connectivity index (χ4n) is 9.41. The van der Waals surface area contributed by atoms with E-state index in [1.54, 1.807) is 61.7 Å². The van der Waals surface area contributed by atoms with Gasteiger partial charge < -0.3 is 38.9 Å². The number of likely N-dealkylation sites (N-methyl/N-ethyl adjacent to an activating group) is 1. The number of hydrogen-bond acceptors (Lipinski definition) is 14. The number of aldehydes is 1. The number of carbonyl (C=O) groups excluding carboxylic acids is 2. The zero-order valence-electron chi connectivity index (χ0n) is 36.4. The van der Waals surface area contributed by atoms with E-state index in [0.29, 0.717) is 66.2 Å². The molecule has 4 aromatic rings. The quantitative estimate of drug-likeness (QED) is 0.0262. The Kier molecular flexibility index (Phi) is 15.2. The fourth-order valence-corrected chi connectivity index (χ4v) is 9.41. The number of unbranched alkanes of at least 4 members (excludes halogenated alkanes) is 2. The summed E-state index contributed by atoms with van der Waals surface area (Å²) in [5, 5.41) is 47.3. The van der Waals surface area contributed by atoms with Gasteiger partial charge in [0, 0.05) is 68.0 Å². The predicted molar refractivity (Wildman–Crippen MR) is 242 cm³/mol. The van der Waals surface area contributed by atoms with Gasteiger partial charge in [-0.05, 0) is 103 Å². The van der Waals surface area contributed by atoms with Crippen LogP contribution in [0.15, 0.2) is 120 Å². The largest absolute Gasteiger partial charge is 0.459 e. The number of carbonyl (C=O) groups is 2. The Hall–Kier alpha value is -6.95. The van der Waals surface area contributed by atoms with E-state index >= 15 is 0 Å². The van der Waals surface area contributed by atoms with E-state index in [0.717, 1.165) is 23.8 Å². The first-order valence-electron chi connectivity index (χ1n) is 21.9. The molecule has 17 nitrogen and oxygen atoms in total. The Morgan fingerprint density at radius 2 is 1.58 bits per heavy atom. The molecule has 346 valence electrons. The molecule has 17 heteroatoms. The van der Waals surface area contributed by atoms with Crippen LogP contribution in [0.4, 0.5) is 16.2 Å². The van der Waals surface area contributed by atoms with E-state index in [4.69, 9.17) is 28.9 Å². The standard InChI is InChI=1S/C49H52N4O13/c1-3-25-62-49-45(51(2)48(57)65-37-19-17-36(18-20-37)53(60)61)29-43(50-63-31-32-13-15-35(16-14-32)52(58)59)41-27-34(10-4-6-23-54)40(12-5-7-24-55)46(47(41)49)42-28-39(21-22-44(42)66-49)64-38-11-8-9-33(26-38)30-56/h3,8-9,11,13-22,26-28,30,34,40,45-47,54-55H,1,4-7,10,12,23-25,29,31H2,2H3. The van der Waals surface area contributed by atoms with E-state index in [-0.39, 0.29) is 67.7 Å². The molecule has 1 saturated carbocycles. The van der Waals surface area contributed by atoms with Crippen LogP contribution in [0.3, 0.4) is 0 Å². The summed E-state index contributed by atoms with van der Waals surface area (Å²) in [7, 11) is 1.55. The van der Waals surface area contributed by atoms with Gasteiger partial charge in [0.05, 0.1) is 28.1 Å². The third-order valence-corrected chi connectivity index (χ3v) is 12.4. The van der Waals surface area contributed by atoms with Gasteiger partial charge in [0.1, 0.15) is 41.9 Å². The van der Waals surface area contributed by atoms with Crippen molar-refractivity contribution in [3.63, 3.8) is 0 Å². The lowest BCUT2D eigenvalue weighted by atomic mass is 9.55. The van der Waals surface area contributed by atoms with E-state index in [1.807, 2.05) is 6.07 Å². The highest BCUT2D eigenvalue weighted by Crippen LogP contribution is 2.62. The maximum absolute atomic E-state index is 14.3. The van der Waals surface area contributed by atoms with Crippen LogP contribution in [-0.2, 0) is 16.2 Å². The summed E-state index contributed by atoms with van der Waals surface area (Å²) < 4.78 is 26.3. The average Bonchev–Trinajstić information content (AvgIpc) is 3.32. The molecule has 1 heterocycles. The van der Waals surface area contributed by atoms with Crippen LogP contribution in [0, 0.1) is 38.0 Å². The molecule has 66 heavy (non-hydrogen) atoms. The second-order valence-electron chi connectivity index (χ2n) is 16.5. The van der Waals surface area contributed by atoms with Gasteiger partial charge in [0.15, 0.2) is 0 Å². The summed E-state index contributed by atoms with van der Waals surface area (Å²) in [6.07, 6.45) is 7.73. The van der Waals surface area contributed by atoms with Gasteiger partial charge in [-0.15, -0.1) is 6.58 Å². The number of aliphatic hydroxyl groups excluding tert-OH is 2. The Morgan fingerprint density at radius 1 is 0.909 bits per heavy atom. The van der Waals surface area contributed by atoms with Crippen LogP contribution >= 0.6 is 0 Å². The van der Waals surface area contributed by atoms with Gasteiger partial charge in [-0.25, -0.2) is 4.79 Å². The molecule has 0 radical (unpaired) electrons. The molecule has 1 aliphatic heterocycles. The minimum absolute atomic E-state index is 0.00759. The van der Waals surface area contributed by atoms with E-state index in [2.05, 4.69) is 12.7 Å². The Balaban J connectivity index is 1.39. The number of amides is 1. The Labute approximate surface area is 381 Å². The number of nitro benzene ring substituents is 2. The number of hydrogen-bond donors (Lipinski definition) is 2. The molecular formula is C49H52N4O13. The summed E-state index contributed by atoms with van der Waals surface area (Å²) in [5.74, 6) is -1.32. The first-order valence-corrected chi connectivity index (χ1v) is 21.9. The molecular weight excluding hydrogens is 853 g/mol. The van der Waals surface area contributed by atoms with Gasteiger partial charge in [-0.3, -0.25) is 25.0 Å². The minimum Gasteiger partial charge on any atom is -0.459 e. The second kappa shape index (κ2) is 21.4. The first kappa shape index (κ1) is 47.0. The summed E-state index contributed by atoms with van der Waals surface area (Å²) >= 11 is 0. The lowest BCUT2D eigenvalue weighted by Gasteiger charge is -2.59. The van der Waals surface area contributed by atoms with E-state index < -0.39 is 33.7 Å². The number of oxime groups is 1. The zero-order valence-corrected chi connectivity index (χ0v) is 36.4. The monoisotopic (exact) mass is 904 g/mol. The normalized spacial score (nSPS) is 22.1. The molecule has 1 amide bonds. The molecule has 6 atom stereocenters. The lowest BCUT2D eigenvalue weighted by Crippen LogP contribution is -2.69. The third kappa shape index (κ3) is 10.3. The average molecular weight is 905 g/mol. The molecule has 2 N–H and O–H groups in total. The topological polar surface area (TPSA) is 223 Å². The lowest BCUT2D eigenvalue weighted by molar-refractivity contribution is -0.385. The van der Waals surface area contributed by atoms with Crippen molar-refractivity contribution < 1.29 is 53.4 Å². The van der Waals surface area contributed by atoms with Crippen molar-refractivity contribution in [3.05, 3.63) is 152 Å². The molecule has 0 aromatic heterocycles. The summed E-state index contributed by atoms with van der Waals surface area (Å²) in [6, 6.07) is 22.4. The van der Waals surface area contributed by atoms with Crippen molar-refractivity contribution in [1.29, 1.82) is 0 Å². The van der Waals surface area contributed by atoms with Gasteiger partial charge in [-0.1, -0.05) is 42.3 Å². The highest BCUT2D eigenvalue weighted by Gasteiger charge is 2.65. The van der Waals surface area contributed by atoms with Crippen molar-refractivity contribution in [2.75, 3.05) is 26.9 Å². The van der Waals surface area contributed by atoms with Gasteiger partial charge in [0.2, 0.25) is 5.79 Å². The van der Waals surface area contributed by atoms with Gasteiger partial charge in [0.25, 0.3) is 11.4 Å². The van der Waals surface area contributed by atoms with Crippen LogP contribution < -0.4 is 14.2 Å². The van der Waals surface area contributed by atoms with E-state index in [1.165, 1.54) is 41.3 Å². The zero-order chi connectivity index (χ0) is 46.8. The number of allylic oxidation sites excluding steroid dienone is 1. The van der Waals surface area contributed by atoms with Gasteiger partial charge in [-0.2, -0.15) is 0 Å². The van der Waals surface area contributed by atoms with Crippen molar-refractivity contribution in [1.82, 2.24) is 4.90 Å². The predicted octanol–water partition coefficient (Wildman–Crippen LogP) is 9.07. The summed E-state index contributed by atoms with van der Waals surface area (Å²) in [6.45, 7) is 3.97. The molecule has 0 bridgehead atoms. The van der Waals surface area contributed by atoms with Crippen LogP contribution in [0.2, 0.25) is 0 Å². The fraction of sp³-hybridized carbons (Fsp3) is 0.367. The maximum Gasteiger partial charge on any atom is 0.415 e. The molecule has 7 rings (SSSR count). The van der Waals surface area contributed by atoms with Crippen molar-refractivity contribution >= 4 is 29.5 Å². The molecule has 0 saturated heterocycles. The molecule has 1 fully saturated rings. The SMILES string of the molecule is C=CCOC12Oc3ccc(Oc4cccc(C=O)c4)cc3C3C(CCCCO)C(CCCCO)C=C(C(=NOCc4ccc([N+](=O)[O-])cc4)CC1N(C)C(=O)Oc1ccc([N+](=O)[O-])cc1)C32. The third-order valence-electron chi connectivity index (χ3n) is 12.4. The van der Waals surface area contributed by atoms with Crippen molar-refractivity contribution in [2.24, 2.45) is 22.9 Å². The van der Waals surface area contributed by atoms with E-state index in [9.17, 15) is 40.0 Å². The molecule has 4 aromatic carbocycles. The van der Waals surface area contributed by atoms with Crippen LogP contribution in [0.1, 0.15) is 72.3 Å². The highest BCUT2D eigenvalue weighted by molar-refractivity contribution is 6.03. The minimum atomic E-state index is -1.61. The van der Waals surface area contributed by atoms with Crippen molar-refractivity contribution in [3.8, 4) is 23.0 Å². The van der Waals surface area contributed by atoms with Crippen LogP contribution in [-0.4, -0.2) is 81.7 Å². The molecule has 0 spiro atoms. The summed E-state index contributed by atoms with van der Waals surface area (Å²) in [5.41, 5.74) is 2.90. The second-order valence-corrected chi connectivity index (χ2v) is 16.5. The Morgan fingerprint density at radius 3 is 2.24 bits per heavy atom. The number of benzene rings is 4.